The molecule has 11 nitrogen and oxygen atoms in total. The maximum atomic E-state index is 12.6. The van der Waals surface area contributed by atoms with Gasteiger partial charge < -0.3 is 14.4 Å². The number of carbonyl (C=O) groups is 2. The number of nitrogens with zero attached hydrogens (tertiary/aromatic N) is 6. The summed E-state index contributed by atoms with van der Waals surface area (Å²) in [5, 5.41) is 6.52. The minimum Gasteiger partial charge on any atom is -0.455 e. The van der Waals surface area contributed by atoms with Crippen LogP contribution in [0.1, 0.15) is 9.81 Å². The molecule has 1 aliphatic rings. The highest BCUT2D eigenvalue weighted by Gasteiger charge is 2.33. The monoisotopic (exact) mass is 454 g/mol. The average molecular weight is 455 g/mol. The summed E-state index contributed by atoms with van der Waals surface area (Å²) in [5.41, 5.74) is 1.53. The summed E-state index contributed by atoms with van der Waals surface area (Å²) in [5.74, 6) is 1.19. The SMILES string of the molecule is [2H]C([2H])([2H])n1cc(-c2cc(Oc3ccc(NC(=O)N4CCN(CCOC)C4=O)nc3C)ccn2)cn1. The highest BCUT2D eigenvalue weighted by Crippen LogP contribution is 2.28. The quantitative estimate of drug-likeness (QED) is 0.584. The molecular weight excluding hydrogens is 426 g/mol. The van der Waals surface area contributed by atoms with Crippen LogP contribution in [-0.4, -0.2) is 75.0 Å². The van der Waals surface area contributed by atoms with Crippen LogP contribution in [0.5, 0.6) is 11.5 Å². The van der Waals surface area contributed by atoms with E-state index in [0.717, 1.165) is 9.58 Å². The number of anilines is 1. The molecule has 3 aromatic rings. The van der Waals surface area contributed by atoms with Crippen molar-refractivity contribution in [1.82, 2.24) is 29.5 Å². The molecule has 0 radical (unpaired) electrons. The Labute approximate surface area is 195 Å². The van der Waals surface area contributed by atoms with E-state index in [1.807, 2.05) is 0 Å². The van der Waals surface area contributed by atoms with Gasteiger partial charge in [0, 0.05) is 61.9 Å². The molecule has 1 fully saturated rings. The zero-order valence-electron chi connectivity index (χ0n) is 21.2. The van der Waals surface area contributed by atoms with E-state index in [9.17, 15) is 9.59 Å². The first-order valence-corrected chi connectivity index (χ1v) is 10.2. The van der Waals surface area contributed by atoms with Crippen molar-refractivity contribution >= 4 is 17.9 Å². The molecule has 4 heterocycles. The summed E-state index contributed by atoms with van der Waals surface area (Å²) in [6.07, 6.45) is 4.35. The lowest BCUT2D eigenvalue weighted by Gasteiger charge is -2.17. The lowest BCUT2D eigenvalue weighted by atomic mass is 10.2. The molecular formula is C22H25N7O4. The highest BCUT2D eigenvalue weighted by atomic mass is 16.5. The molecule has 4 amide bonds. The van der Waals surface area contributed by atoms with E-state index in [1.54, 1.807) is 43.2 Å². The molecule has 0 spiro atoms. The summed E-state index contributed by atoms with van der Waals surface area (Å²) < 4.78 is 34.2. The van der Waals surface area contributed by atoms with Gasteiger partial charge in [0.2, 0.25) is 0 Å². The summed E-state index contributed by atoms with van der Waals surface area (Å²) in [6.45, 7) is 0.887. The van der Waals surface area contributed by atoms with Crippen LogP contribution >= 0.6 is 0 Å². The Morgan fingerprint density at radius 2 is 2.18 bits per heavy atom. The number of urea groups is 2. The fourth-order valence-corrected chi connectivity index (χ4v) is 3.30. The molecule has 1 N–H and O–H groups in total. The largest absolute Gasteiger partial charge is 0.455 e. The van der Waals surface area contributed by atoms with E-state index in [0.29, 0.717) is 48.1 Å². The predicted octanol–water partition coefficient (Wildman–Crippen LogP) is 2.89. The number of nitrogens with one attached hydrogen (secondary N) is 1. The van der Waals surface area contributed by atoms with Gasteiger partial charge in [0.1, 0.15) is 17.3 Å². The minimum absolute atomic E-state index is 0.278. The van der Waals surface area contributed by atoms with Gasteiger partial charge in [-0.15, -0.1) is 0 Å². The Morgan fingerprint density at radius 3 is 2.94 bits per heavy atom. The van der Waals surface area contributed by atoms with Crippen molar-refractivity contribution in [3.8, 4) is 22.8 Å². The molecule has 4 rings (SSSR count). The topological polar surface area (TPSA) is 115 Å². The van der Waals surface area contributed by atoms with Crippen molar-refractivity contribution in [1.29, 1.82) is 0 Å². The van der Waals surface area contributed by atoms with Gasteiger partial charge in [-0.1, -0.05) is 0 Å². The molecule has 11 heteroatoms. The van der Waals surface area contributed by atoms with E-state index in [-0.39, 0.29) is 18.4 Å². The van der Waals surface area contributed by atoms with Crippen molar-refractivity contribution in [2.45, 2.75) is 6.92 Å². The molecule has 0 atom stereocenters. The second-order valence-corrected chi connectivity index (χ2v) is 7.28. The molecule has 3 aromatic heterocycles. The van der Waals surface area contributed by atoms with E-state index in [4.69, 9.17) is 13.6 Å². The van der Waals surface area contributed by atoms with Gasteiger partial charge in [-0.2, -0.15) is 5.10 Å². The van der Waals surface area contributed by atoms with Gasteiger partial charge in [-0.3, -0.25) is 15.0 Å². The minimum atomic E-state index is -2.38. The zero-order valence-corrected chi connectivity index (χ0v) is 18.2. The van der Waals surface area contributed by atoms with Crippen LogP contribution in [0.3, 0.4) is 0 Å². The second-order valence-electron chi connectivity index (χ2n) is 7.28. The van der Waals surface area contributed by atoms with Gasteiger partial charge in [-0.25, -0.2) is 19.5 Å². The van der Waals surface area contributed by atoms with Crippen LogP contribution in [0.2, 0.25) is 0 Å². The van der Waals surface area contributed by atoms with Gasteiger partial charge in [0.25, 0.3) is 0 Å². The van der Waals surface area contributed by atoms with Crippen LogP contribution in [0.15, 0.2) is 42.9 Å². The number of rotatable bonds is 7. The number of hydrogen-bond donors (Lipinski definition) is 1. The van der Waals surface area contributed by atoms with Crippen molar-refractivity contribution in [3.63, 3.8) is 0 Å². The van der Waals surface area contributed by atoms with Gasteiger partial charge >= 0.3 is 12.1 Å². The molecule has 1 saturated heterocycles. The summed E-state index contributed by atoms with van der Waals surface area (Å²) >= 11 is 0. The summed E-state index contributed by atoms with van der Waals surface area (Å²) in [7, 11) is 1.55. The number of aromatic nitrogens is 4. The number of pyridine rings is 2. The van der Waals surface area contributed by atoms with E-state index in [2.05, 4.69) is 20.4 Å². The first kappa shape index (κ1) is 18.6. The predicted molar refractivity (Wildman–Crippen MR) is 120 cm³/mol. The summed E-state index contributed by atoms with van der Waals surface area (Å²) in [6, 6.07) is 5.61. The van der Waals surface area contributed by atoms with Crippen molar-refractivity contribution < 1.29 is 23.2 Å². The number of methoxy groups -OCH3 is 1. The Balaban J connectivity index is 1.41. The fourth-order valence-electron chi connectivity index (χ4n) is 3.30. The molecule has 33 heavy (non-hydrogen) atoms. The third kappa shape index (κ3) is 5.09. The zero-order chi connectivity index (χ0) is 25.9. The number of aryl methyl sites for hydroxylation is 2. The molecule has 0 aliphatic carbocycles. The number of imide groups is 1. The molecule has 0 aromatic carbocycles. The molecule has 172 valence electrons. The number of carbonyl (C=O) groups excluding carboxylic acids is 2. The Hall–Kier alpha value is -3.99. The maximum Gasteiger partial charge on any atom is 0.331 e. The number of amides is 4. The Bertz CT molecular complexity index is 1260. The van der Waals surface area contributed by atoms with Crippen LogP contribution < -0.4 is 10.1 Å². The summed E-state index contributed by atoms with van der Waals surface area (Å²) in [4.78, 5) is 36.3. The van der Waals surface area contributed by atoms with Crippen LogP contribution in [0, 0.1) is 6.92 Å². The highest BCUT2D eigenvalue weighted by molar-refractivity contribution is 6.01. The van der Waals surface area contributed by atoms with Gasteiger partial charge in [0.05, 0.1) is 24.2 Å². The first-order valence-electron chi connectivity index (χ1n) is 11.7. The Kier molecular flexibility index (Phi) is 5.43. The van der Waals surface area contributed by atoms with E-state index in [1.165, 1.54) is 18.6 Å². The van der Waals surface area contributed by atoms with Crippen LogP contribution in [0.4, 0.5) is 15.4 Å². The van der Waals surface area contributed by atoms with Gasteiger partial charge in [0.15, 0.2) is 0 Å². The average Bonchev–Trinajstić information content (AvgIpc) is 3.47. The second kappa shape index (κ2) is 9.65. The normalized spacial score (nSPS) is 15.2. The first-order chi connectivity index (χ1) is 17.2. The van der Waals surface area contributed by atoms with Crippen molar-refractivity contribution in [3.05, 3.63) is 48.5 Å². The third-order valence-corrected chi connectivity index (χ3v) is 5.02. The molecule has 0 bridgehead atoms. The van der Waals surface area contributed by atoms with Gasteiger partial charge in [-0.05, 0) is 25.1 Å². The van der Waals surface area contributed by atoms with E-state index < -0.39 is 13.0 Å². The molecule has 0 saturated carbocycles. The smallest absolute Gasteiger partial charge is 0.331 e. The van der Waals surface area contributed by atoms with E-state index >= 15 is 0 Å². The van der Waals surface area contributed by atoms with Crippen LogP contribution in [-0.2, 0) is 11.7 Å². The van der Waals surface area contributed by atoms with Crippen molar-refractivity contribution in [2.75, 3.05) is 38.7 Å². The molecule has 1 aliphatic heterocycles. The lowest BCUT2D eigenvalue weighted by molar-refractivity contribution is 0.156. The fraction of sp³-hybridized carbons (Fsp3) is 0.318. The standard InChI is InChI=1S/C22H25N7O4/c1-15-19(33-17-6-7-23-18(12-17)16-13-24-27(2)14-16)4-5-20(25-15)26-21(30)29-9-8-28(22(29)31)10-11-32-3/h4-7,12-14H,8-11H2,1-3H3,(H,25,26,30)/i2D3. The Morgan fingerprint density at radius 1 is 1.30 bits per heavy atom. The van der Waals surface area contributed by atoms with Crippen LogP contribution in [0.25, 0.3) is 11.3 Å². The number of ether oxygens (including phenoxy) is 2. The molecule has 0 unspecified atom stereocenters. The maximum absolute atomic E-state index is 12.6. The third-order valence-electron chi connectivity index (χ3n) is 5.02. The lowest BCUT2D eigenvalue weighted by Crippen LogP contribution is -2.39. The number of hydrogen-bond acceptors (Lipinski definition) is 7. The van der Waals surface area contributed by atoms with Crippen molar-refractivity contribution in [2.24, 2.45) is 6.98 Å².